The lowest BCUT2D eigenvalue weighted by atomic mass is 10.2. The molecule has 0 unspecified atom stereocenters. The van der Waals surface area contributed by atoms with Gasteiger partial charge in [0.25, 0.3) is 0 Å². The van der Waals surface area contributed by atoms with Crippen molar-refractivity contribution in [1.29, 1.82) is 0 Å². The number of likely N-dealkylation sites (tertiary alicyclic amines) is 1. The number of halogens is 1. The maximum atomic E-state index is 13.3. The van der Waals surface area contributed by atoms with Gasteiger partial charge in [-0.15, -0.1) is 0 Å². The molecule has 1 aromatic heterocycles. The SMILES string of the molecule is Cc1cc(NC(=O)CN2C[C@@H]3OCC(Nc4cccc(F)c4)CO[C@H]3C2)no1. The highest BCUT2D eigenvalue weighted by Gasteiger charge is 2.38. The number of hydrogen-bond acceptors (Lipinski definition) is 7. The van der Waals surface area contributed by atoms with Crippen molar-refractivity contribution < 1.29 is 23.2 Å². The van der Waals surface area contributed by atoms with Gasteiger partial charge >= 0.3 is 0 Å². The molecule has 3 heterocycles. The second-order valence-electron chi connectivity index (χ2n) is 7.16. The second kappa shape index (κ2) is 8.26. The van der Waals surface area contributed by atoms with Crippen molar-refractivity contribution in [3.05, 3.63) is 41.9 Å². The molecule has 4 rings (SSSR count). The lowest BCUT2D eigenvalue weighted by Gasteiger charge is -2.19. The molecule has 8 nitrogen and oxygen atoms in total. The van der Waals surface area contributed by atoms with Gasteiger partial charge in [-0.1, -0.05) is 11.2 Å². The van der Waals surface area contributed by atoms with Gasteiger partial charge in [0.1, 0.15) is 11.6 Å². The molecule has 0 bridgehead atoms. The molecule has 2 aliphatic rings. The Labute approximate surface area is 162 Å². The normalized spacial score (nSPS) is 23.2. The zero-order chi connectivity index (χ0) is 19.5. The first kappa shape index (κ1) is 18.9. The van der Waals surface area contributed by atoms with Crippen LogP contribution in [0.5, 0.6) is 0 Å². The quantitative estimate of drug-likeness (QED) is 0.802. The summed E-state index contributed by atoms with van der Waals surface area (Å²) in [6.07, 6.45) is -0.192. The highest BCUT2D eigenvalue weighted by atomic mass is 19.1. The minimum absolute atomic E-state index is 0.0560. The van der Waals surface area contributed by atoms with Crippen molar-refractivity contribution in [3.63, 3.8) is 0 Å². The molecule has 150 valence electrons. The van der Waals surface area contributed by atoms with Crippen LogP contribution in [0.4, 0.5) is 15.9 Å². The van der Waals surface area contributed by atoms with Crippen LogP contribution in [0.3, 0.4) is 0 Å². The third-order valence-corrected chi connectivity index (χ3v) is 4.77. The standard InChI is InChI=1S/C19H23FN4O4/c1-12-5-18(23-28-12)22-19(25)9-24-7-16-17(8-24)27-11-15(10-26-16)21-14-4-2-3-13(20)6-14/h2-6,15-17,21H,7-11H2,1H3,(H,22,23,25)/t16-,17-/m0/s1. The van der Waals surface area contributed by atoms with E-state index in [-0.39, 0.29) is 36.5 Å². The summed E-state index contributed by atoms with van der Waals surface area (Å²) in [6.45, 7) is 4.13. The van der Waals surface area contributed by atoms with E-state index in [4.69, 9.17) is 14.0 Å². The largest absolute Gasteiger partial charge is 0.378 e. The molecule has 0 saturated carbocycles. The van der Waals surface area contributed by atoms with E-state index < -0.39 is 0 Å². The molecule has 0 radical (unpaired) electrons. The van der Waals surface area contributed by atoms with E-state index >= 15 is 0 Å². The summed E-state index contributed by atoms with van der Waals surface area (Å²) in [5.41, 5.74) is 0.700. The van der Waals surface area contributed by atoms with Crippen LogP contribution in [-0.2, 0) is 14.3 Å². The molecule has 28 heavy (non-hydrogen) atoms. The average molecular weight is 390 g/mol. The second-order valence-corrected chi connectivity index (χ2v) is 7.16. The summed E-state index contributed by atoms with van der Waals surface area (Å²) >= 11 is 0. The molecule has 1 aromatic carbocycles. The minimum Gasteiger partial charge on any atom is -0.378 e. The van der Waals surface area contributed by atoms with Gasteiger partial charge in [-0.05, 0) is 25.1 Å². The van der Waals surface area contributed by atoms with Crippen LogP contribution >= 0.6 is 0 Å². The Bertz CT molecular complexity index is 814. The van der Waals surface area contributed by atoms with E-state index in [0.29, 0.717) is 43.6 Å². The third-order valence-electron chi connectivity index (χ3n) is 4.77. The van der Waals surface area contributed by atoms with Gasteiger partial charge in [-0.3, -0.25) is 9.69 Å². The van der Waals surface area contributed by atoms with Crippen LogP contribution < -0.4 is 10.6 Å². The molecule has 2 aromatic rings. The highest BCUT2D eigenvalue weighted by Crippen LogP contribution is 2.21. The van der Waals surface area contributed by atoms with Crippen LogP contribution in [0.15, 0.2) is 34.9 Å². The van der Waals surface area contributed by atoms with Crippen LogP contribution in [0.1, 0.15) is 5.76 Å². The monoisotopic (exact) mass is 390 g/mol. The first-order valence-electron chi connectivity index (χ1n) is 9.26. The van der Waals surface area contributed by atoms with Gasteiger partial charge in [-0.25, -0.2) is 4.39 Å². The van der Waals surface area contributed by atoms with E-state index in [9.17, 15) is 9.18 Å². The number of aryl methyl sites for hydroxylation is 1. The first-order chi connectivity index (χ1) is 13.5. The number of aromatic nitrogens is 1. The van der Waals surface area contributed by atoms with Crippen molar-refractivity contribution in [2.24, 2.45) is 0 Å². The Kier molecular flexibility index (Phi) is 5.56. The molecule has 2 N–H and O–H groups in total. The van der Waals surface area contributed by atoms with E-state index in [1.165, 1.54) is 12.1 Å². The fourth-order valence-corrected chi connectivity index (χ4v) is 3.50. The Morgan fingerprint density at radius 2 is 2.00 bits per heavy atom. The van der Waals surface area contributed by atoms with Gasteiger partial charge < -0.3 is 24.6 Å². The van der Waals surface area contributed by atoms with Gasteiger partial charge in [0.2, 0.25) is 5.91 Å². The zero-order valence-corrected chi connectivity index (χ0v) is 15.6. The highest BCUT2D eigenvalue weighted by molar-refractivity contribution is 5.91. The molecule has 2 fully saturated rings. The topological polar surface area (TPSA) is 88.9 Å². The molecule has 1 amide bonds. The zero-order valence-electron chi connectivity index (χ0n) is 15.6. The smallest absolute Gasteiger partial charge is 0.239 e. The lowest BCUT2D eigenvalue weighted by Crippen LogP contribution is -2.34. The lowest BCUT2D eigenvalue weighted by molar-refractivity contribution is -0.117. The predicted octanol–water partition coefficient (Wildman–Crippen LogP) is 1.64. The van der Waals surface area contributed by atoms with Gasteiger partial charge in [0.15, 0.2) is 5.82 Å². The number of carbonyl (C=O) groups is 1. The van der Waals surface area contributed by atoms with Crippen LogP contribution in [0.2, 0.25) is 0 Å². The number of ether oxygens (including phenoxy) is 2. The number of nitrogens with one attached hydrogen (secondary N) is 2. The van der Waals surface area contributed by atoms with Gasteiger partial charge in [0.05, 0.1) is 38.0 Å². The molecule has 2 saturated heterocycles. The Balaban J connectivity index is 1.25. The number of rotatable bonds is 5. The number of anilines is 2. The van der Waals surface area contributed by atoms with Crippen molar-refractivity contribution in [2.75, 3.05) is 43.5 Å². The number of amides is 1. The first-order valence-corrected chi connectivity index (χ1v) is 9.26. The van der Waals surface area contributed by atoms with Gasteiger partial charge in [-0.2, -0.15) is 0 Å². The average Bonchev–Trinajstić information content (AvgIpc) is 3.18. The summed E-state index contributed by atoms with van der Waals surface area (Å²) in [5.74, 6) is 0.610. The van der Waals surface area contributed by atoms with Crippen molar-refractivity contribution in [3.8, 4) is 0 Å². The van der Waals surface area contributed by atoms with E-state index in [0.717, 1.165) is 0 Å². The Morgan fingerprint density at radius 3 is 2.64 bits per heavy atom. The van der Waals surface area contributed by atoms with E-state index in [1.54, 1.807) is 19.1 Å². The predicted molar refractivity (Wildman–Crippen MR) is 99.6 cm³/mol. The molecule has 0 spiro atoms. The van der Waals surface area contributed by atoms with Crippen molar-refractivity contribution >= 4 is 17.4 Å². The molecule has 9 heteroatoms. The third kappa shape index (κ3) is 4.67. The number of hydrogen-bond donors (Lipinski definition) is 2. The number of nitrogens with zero attached hydrogens (tertiary/aromatic N) is 2. The summed E-state index contributed by atoms with van der Waals surface area (Å²) in [6, 6.07) is 7.94. The number of fused-ring (bicyclic) bond motifs is 1. The summed E-state index contributed by atoms with van der Waals surface area (Å²) in [5, 5.41) is 9.71. The fourth-order valence-electron chi connectivity index (χ4n) is 3.50. The summed E-state index contributed by atoms with van der Waals surface area (Å²) in [4.78, 5) is 14.2. The molecule has 2 atom stereocenters. The minimum atomic E-state index is -0.285. The number of benzene rings is 1. The fraction of sp³-hybridized carbons (Fsp3) is 0.474. The maximum Gasteiger partial charge on any atom is 0.239 e. The van der Waals surface area contributed by atoms with Crippen molar-refractivity contribution in [2.45, 2.75) is 25.2 Å². The summed E-state index contributed by atoms with van der Waals surface area (Å²) < 4.78 is 30.3. The summed E-state index contributed by atoms with van der Waals surface area (Å²) in [7, 11) is 0. The van der Waals surface area contributed by atoms with Crippen LogP contribution in [0.25, 0.3) is 0 Å². The molecular formula is C19H23FN4O4. The molecular weight excluding hydrogens is 367 g/mol. The van der Waals surface area contributed by atoms with Gasteiger partial charge in [0, 0.05) is 24.8 Å². The van der Waals surface area contributed by atoms with Crippen LogP contribution in [-0.4, -0.2) is 67.1 Å². The van der Waals surface area contributed by atoms with Crippen molar-refractivity contribution in [1.82, 2.24) is 10.1 Å². The molecule has 2 aliphatic heterocycles. The molecule has 0 aliphatic carbocycles. The number of carbonyl (C=O) groups excluding carboxylic acids is 1. The van der Waals surface area contributed by atoms with E-state index in [1.807, 2.05) is 11.0 Å². The van der Waals surface area contributed by atoms with Crippen LogP contribution in [0, 0.1) is 12.7 Å². The maximum absolute atomic E-state index is 13.3. The van der Waals surface area contributed by atoms with E-state index in [2.05, 4.69) is 15.8 Å². The Morgan fingerprint density at radius 1 is 1.25 bits per heavy atom. The Hall–Kier alpha value is -2.49.